The van der Waals surface area contributed by atoms with E-state index in [4.69, 9.17) is 11.6 Å². The van der Waals surface area contributed by atoms with Gasteiger partial charge in [-0.15, -0.1) is 11.6 Å². The standard InChI is InChI=1S/C16H23ClF4N4O2/c17-14-12(6-22-23-15(14)27)24-3-4-25(13(26)8-24)7-9-5-10(18)1-2-11(9)16(19,20)21/h9-12,14,22H,1-8H2,(H,23,27). The Balaban J connectivity index is 1.61. The number of alkyl halides is 5. The summed E-state index contributed by atoms with van der Waals surface area (Å²) in [6.45, 7) is 0.890. The van der Waals surface area contributed by atoms with Crippen LogP contribution in [0.25, 0.3) is 0 Å². The second-order valence-corrected chi connectivity index (χ2v) is 7.94. The fourth-order valence-corrected chi connectivity index (χ4v) is 4.53. The first kappa shape index (κ1) is 20.6. The summed E-state index contributed by atoms with van der Waals surface area (Å²) in [5.74, 6) is -3.20. The molecule has 3 fully saturated rings. The molecule has 2 amide bonds. The lowest BCUT2D eigenvalue weighted by molar-refractivity contribution is -0.202. The second-order valence-electron chi connectivity index (χ2n) is 7.47. The third-order valence-electron chi connectivity index (χ3n) is 5.72. The summed E-state index contributed by atoms with van der Waals surface area (Å²) in [5.41, 5.74) is 5.13. The normalized spacial score (nSPS) is 36.6. The van der Waals surface area contributed by atoms with E-state index in [2.05, 4.69) is 10.9 Å². The van der Waals surface area contributed by atoms with Crippen LogP contribution < -0.4 is 10.9 Å². The van der Waals surface area contributed by atoms with E-state index in [-0.39, 0.29) is 56.8 Å². The van der Waals surface area contributed by atoms with Gasteiger partial charge >= 0.3 is 6.18 Å². The molecule has 0 aromatic carbocycles. The molecule has 0 radical (unpaired) electrons. The summed E-state index contributed by atoms with van der Waals surface area (Å²) < 4.78 is 53.5. The van der Waals surface area contributed by atoms with Crippen molar-refractivity contribution in [1.82, 2.24) is 20.7 Å². The molecular weight excluding hydrogens is 392 g/mol. The molecule has 0 spiro atoms. The largest absolute Gasteiger partial charge is 0.392 e. The number of nitrogens with zero attached hydrogens (tertiary/aromatic N) is 2. The molecule has 2 aliphatic heterocycles. The van der Waals surface area contributed by atoms with Gasteiger partial charge in [0.05, 0.1) is 12.5 Å². The molecule has 2 N–H and O–H groups in total. The molecule has 27 heavy (non-hydrogen) atoms. The summed E-state index contributed by atoms with van der Waals surface area (Å²) in [6.07, 6.45) is -6.14. The fraction of sp³-hybridized carbons (Fsp3) is 0.875. The van der Waals surface area contributed by atoms with Gasteiger partial charge in [-0.1, -0.05) is 0 Å². The maximum absolute atomic E-state index is 13.7. The van der Waals surface area contributed by atoms with E-state index >= 15 is 0 Å². The summed E-state index contributed by atoms with van der Waals surface area (Å²) >= 11 is 6.11. The predicted molar refractivity (Wildman–Crippen MR) is 89.5 cm³/mol. The molecule has 3 aliphatic rings. The monoisotopic (exact) mass is 414 g/mol. The molecule has 0 aromatic heterocycles. The molecule has 2 heterocycles. The average Bonchev–Trinajstić information content (AvgIpc) is 2.58. The maximum Gasteiger partial charge on any atom is 0.392 e. The lowest BCUT2D eigenvalue weighted by Gasteiger charge is -2.43. The fourth-order valence-electron chi connectivity index (χ4n) is 4.23. The number of hydrogen-bond donors (Lipinski definition) is 2. The number of nitrogens with one attached hydrogen (secondary N) is 2. The lowest BCUT2D eigenvalue weighted by Crippen LogP contribution is -2.65. The Bertz CT molecular complexity index is 579. The van der Waals surface area contributed by atoms with Crippen molar-refractivity contribution in [2.75, 3.05) is 32.7 Å². The van der Waals surface area contributed by atoms with Crippen LogP contribution in [0.3, 0.4) is 0 Å². The van der Waals surface area contributed by atoms with Crippen molar-refractivity contribution in [3.8, 4) is 0 Å². The lowest BCUT2D eigenvalue weighted by atomic mass is 9.77. The van der Waals surface area contributed by atoms with Crippen molar-refractivity contribution in [2.45, 2.75) is 43.0 Å². The van der Waals surface area contributed by atoms with Crippen molar-refractivity contribution < 1.29 is 27.2 Å². The van der Waals surface area contributed by atoms with Crippen LogP contribution in [-0.2, 0) is 9.59 Å². The van der Waals surface area contributed by atoms with Crippen LogP contribution in [0.15, 0.2) is 0 Å². The Hall–Kier alpha value is -1.13. The van der Waals surface area contributed by atoms with Crippen LogP contribution in [0.1, 0.15) is 19.3 Å². The molecule has 154 valence electrons. The summed E-state index contributed by atoms with van der Waals surface area (Å²) in [4.78, 5) is 27.3. The minimum atomic E-state index is -4.39. The van der Waals surface area contributed by atoms with Gasteiger partial charge in [0.25, 0.3) is 5.91 Å². The van der Waals surface area contributed by atoms with Crippen LogP contribution in [0, 0.1) is 11.8 Å². The highest BCUT2D eigenvalue weighted by molar-refractivity contribution is 6.31. The molecule has 5 atom stereocenters. The van der Waals surface area contributed by atoms with E-state index < -0.39 is 29.6 Å². The summed E-state index contributed by atoms with van der Waals surface area (Å²) in [6, 6.07) is -0.376. The molecule has 1 saturated carbocycles. The van der Waals surface area contributed by atoms with Crippen LogP contribution in [-0.4, -0.2) is 78.1 Å². The van der Waals surface area contributed by atoms with Crippen molar-refractivity contribution in [3.05, 3.63) is 0 Å². The minimum Gasteiger partial charge on any atom is -0.340 e. The first-order chi connectivity index (χ1) is 12.7. The van der Waals surface area contributed by atoms with Crippen molar-refractivity contribution in [2.24, 2.45) is 11.8 Å². The quantitative estimate of drug-likeness (QED) is 0.535. The highest BCUT2D eigenvalue weighted by Gasteiger charge is 2.48. The van der Waals surface area contributed by atoms with E-state index in [1.807, 2.05) is 0 Å². The molecule has 2 saturated heterocycles. The number of carbonyl (C=O) groups is 2. The Morgan fingerprint density at radius 1 is 1.19 bits per heavy atom. The zero-order valence-corrected chi connectivity index (χ0v) is 15.4. The van der Waals surface area contributed by atoms with Gasteiger partial charge in [-0.05, 0) is 25.2 Å². The number of rotatable bonds is 3. The first-order valence-corrected chi connectivity index (χ1v) is 9.50. The van der Waals surface area contributed by atoms with E-state index in [1.54, 1.807) is 4.90 Å². The molecule has 1 aliphatic carbocycles. The van der Waals surface area contributed by atoms with E-state index in [9.17, 15) is 27.2 Å². The SMILES string of the molecule is O=C1NNCC(N2CCN(CC3CC(F)CCC3C(F)(F)F)C(=O)C2)C1Cl. The van der Waals surface area contributed by atoms with Gasteiger partial charge in [-0.25, -0.2) is 9.82 Å². The predicted octanol–water partition coefficient (Wildman–Crippen LogP) is 1.06. The molecule has 6 nitrogen and oxygen atoms in total. The number of hydrogen-bond acceptors (Lipinski definition) is 4. The smallest absolute Gasteiger partial charge is 0.340 e. The van der Waals surface area contributed by atoms with Crippen molar-refractivity contribution in [1.29, 1.82) is 0 Å². The third-order valence-corrected chi connectivity index (χ3v) is 6.21. The number of halogens is 5. The number of hydrazine groups is 1. The van der Waals surface area contributed by atoms with Gasteiger partial charge in [0.2, 0.25) is 5.91 Å². The zero-order valence-electron chi connectivity index (χ0n) is 14.6. The maximum atomic E-state index is 13.7. The van der Waals surface area contributed by atoms with Gasteiger partial charge in [0, 0.05) is 32.2 Å². The van der Waals surface area contributed by atoms with E-state index in [0.29, 0.717) is 13.1 Å². The first-order valence-electron chi connectivity index (χ1n) is 9.06. The second kappa shape index (κ2) is 8.08. The highest BCUT2D eigenvalue weighted by atomic mass is 35.5. The molecule has 0 bridgehead atoms. The molecule has 11 heteroatoms. The third kappa shape index (κ3) is 4.65. The summed E-state index contributed by atoms with van der Waals surface area (Å²) in [7, 11) is 0. The summed E-state index contributed by atoms with van der Waals surface area (Å²) in [5, 5.41) is -0.814. The Kier molecular flexibility index (Phi) is 6.17. The molecule has 5 unspecified atom stereocenters. The van der Waals surface area contributed by atoms with Crippen LogP contribution in [0.4, 0.5) is 17.6 Å². The minimum absolute atomic E-state index is 0.0225. The van der Waals surface area contributed by atoms with Crippen LogP contribution in [0.2, 0.25) is 0 Å². The number of carbonyl (C=O) groups excluding carboxylic acids is 2. The van der Waals surface area contributed by atoms with Crippen molar-refractivity contribution in [3.63, 3.8) is 0 Å². The molecule has 0 aromatic rings. The van der Waals surface area contributed by atoms with Gasteiger partial charge < -0.3 is 4.90 Å². The number of amides is 2. The average molecular weight is 415 g/mol. The van der Waals surface area contributed by atoms with E-state index in [0.717, 1.165) is 0 Å². The Morgan fingerprint density at radius 2 is 1.93 bits per heavy atom. The van der Waals surface area contributed by atoms with Crippen LogP contribution in [0.5, 0.6) is 0 Å². The molecule has 3 rings (SSSR count). The van der Waals surface area contributed by atoms with Crippen LogP contribution >= 0.6 is 11.6 Å². The number of piperazine rings is 1. The van der Waals surface area contributed by atoms with Gasteiger partial charge in [0.15, 0.2) is 0 Å². The molecular formula is C16H23ClF4N4O2. The van der Waals surface area contributed by atoms with Gasteiger partial charge in [-0.2, -0.15) is 13.2 Å². The highest BCUT2D eigenvalue weighted by Crippen LogP contribution is 2.42. The van der Waals surface area contributed by atoms with Gasteiger partial charge in [-0.3, -0.25) is 19.9 Å². The zero-order chi connectivity index (χ0) is 19.8. The van der Waals surface area contributed by atoms with Gasteiger partial charge in [0.1, 0.15) is 11.5 Å². The van der Waals surface area contributed by atoms with E-state index in [1.165, 1.54) is 4.90 Å². The Morgan fingerprint density at radius 3 is 2.59 bits per heavy atom. The van der Waals surface area contributed by atoms with Crippen molar-refractivity contribution >= 4 is 23.4 Å². The Labute approximate surface area is 159 Å². The topological polar surface area (TPSA) is 64.7 Å².